The molecule has 0 radical (unpaired) electrons. The summed E-state index contributed by atoms with van der Waals surface area (Å²) in [6.07, 6.45) is 0. The van der Waals surface area contributed by atoms with Crippen molar-refractivity contribution in [1.29, 1.82) is 0 Å². The number of hydrogen-bond donors (Lipinski definition) is 0. The van der Waals surface area contributed by atoms with Crippen molar-refractivity contribution in [2.45, 2.75) is 0 Å². The third kappa shape index (κ3) is 5.65. The normalized spacial score (nSPS) is 11.5. The number of para-hydroxylation sites is 2. The Morgan fingerprint density at radius 1 is 0.333 bits per heavy atom. The molecule has 0 amide bonds. The highest BCUT2D eigenvalue weighted by Crippen LogP contribution is 2.49. The van der Waals surface area contributed by atoms with Crippen molar-refractivity contribution < 1.29 is 4.74 Å². The van der Waals surface area contributed by atoms with Gasteiger partial charge < -0.3 is 9.64 Å². The zero-order valence-electron chi connectivity index (χ0n) is 29.2. The number of hydrogen-bond acceptors (Lipinski definition) is 5. The number of rotatable bonds is 7. The highest BCUT2D eigenvalue weighted by Gasteiger charge is 2.23. The SMILES string of the molecule is c1ccc(-c2nc(-c3ccccc3)nc(-c3ccc4c(c3)-c3cccc5c(-c6ccc(N(c7ccccc7)c7ccccc7)cc6)ccc(c35)O4)n2)cc1. The van der Waals surface area contributed by atoms with Gasteiger partial charge in [-0.05, 0) is 82.7 Å². The fourth-order valence-corrected chi connectivity index (χ4v) is 7.35. The molecule has 1 aliphatic heterocycles. The lowest BCUT2D eigenvalue weighted by Gasteiger charge is -2.26. The standard InChI is InChI=1S/C49H32N4O/c1-5-14-34(15-6-1)47-50-48(35-16-7-2-8-17-35)52-49(51-47)36-26-30-44-43(32-36)42-23-13-22-41-40(29-31-45(54-44)46(41)42)33-24-27-39(28-25-33)53(37-18-9-3-10-19-37)38-20-11-4-12-21-38/h1-32H. The topological polar surface area (TPSA) is 51.1 Å². The van der Waals surface area contributed by atoms with E-state index in [2.05, 4.69) is 114 Å². The van der Waals surface area contributed by atoms with Crippen molar-refractivity contribution in [1.82, 2.24) is 15.0 Å². The molecule has 1 aromatic heterocycles. The Kier molecular flexibility index (Phi) is 7.73. The van der Waals surface area contributed by atoms with Gasteiger partial charge in [0.05, 0.1) is 0 Å². The van der Waals surface area contributed by atoms with Crippen LogP contribution in [0.1, 0.15) is 0 Å². The molecule has 8 aromatic carbocycles. The second kappa shape index (κ2) is 13.3. The summed E-state index contributed by atoms with van der Waals surface area (Å²) in [5.41, 5.74) is 10.5. The van der Waals surface area contributed by atoms with Crippen LogP contribution >= 0.6 is 0 Å². The molecule has 1 aliphatic rings. The maximum atomic E-state index is 6.61. The maximum Gasteiger partial charge on any atom is 0.164 e. The molecule has 0 bridgehead atoms. The first kappa shape index (κ1) is 31.4. The molecule has 5 heteroatoms. The third-order valence-electron chi connectivity index (χ3n) is 9.91. The largest absolute Gasteiger partial charge is 0.456 e. The van der Waals surface area contributed by atoms with E-state index in [4.69, 9.17) is 19.7 Å². The van der Waals surface area contributed by atoms with E-state index < -0.39 is 0 Å². The van der Waals surface area contributed by atoms with Crippen LogP contribution in [0, 0.1) is 0 Å². The van der Waals surface area contributed by atoms with Crippen LogP contribution in [0.3, 0.4) is 0 Å². The lowest BCUT2D eigenvalue weighted by Crippen LogP contribution is -2.09. The van der Waals surface area contributed by atoms with Crippen LogP contribution in [0.2, 0.25) is 0 Å². The van der Waals surface area contributed by atoms with Gasteiger partial charge in [-0.25, -0.2) is 15.0 Å². The van der Waals surface area contributed by atoms with E-state index in [1.807, 2.05) is 84.9 Å². The summed E-state index contributed by atoms with van der Waals surface area (Å²) < 4.78 is 6.61. The van der Waals surface area contributed by atoms with Crippen molar-refractivity contribution >= 4 is 27.8 Å². The van der Waals surface area contributed by atoms with Gasteiger partial charge in [0.2, 0.25) is 0 Å². The monoisotopic (exact) mass is 692 g/mol. The molecule has 0 unspecified atom stereocenters. The Morgan fingerprint density at radius 2 is 0.833 bits per heavy atom. The van der Waals surface area contributed by atoms with E-state index in [1.165, 1.54) is 0 Å². The zero-order chi connectivity index (χ0) is 35.8. The molecule has 0 N–H and O–H groups in total. The van der Waals surface area contributed by atoms with Gasteiger partial charge in [0, 0.05) is 44.7 Å². The van der Waals surface area contributed by atoms with E-state index >= 15 is 0 Å². The Morgan fingerprint density at radius 3 is 1.43 bits per heavy atom. The highest BCUT2D eigenvalue weighted by atomic mass is 16.5. The van der Waals surface area contributed by atoms with Crippen molar-refractivity contribution in [2.24, 2.45) is 0 Å². The fourth-order valence-electron chi connectivity index (χ4n) is 7.35. The summed E-state index contributed by atoms with van der Waals surface area (Å²) in [6, 6.07) is 66.9. The Balaban J connectivity index is 1.06. The lowest BCUT2D eigenvalue weighted by molar-refractivity contribution is 0.487. The first-order valence-electron chi connectivity index (χ1n) is 18.0. The van der Waals surface area contributed by atoms with E-state index in [0.29, 0.717) is 17.5 Å². The molecule has 5 nitrogen and oxygen atoms in total. The summed E-state index contributed by atoms with van der Waals surface area (Å²) in [5.74, 6) is 3.52. The first-order chi connectivity index (χ1) is 26.8. The molecule has 2 heterocycles. The quantitative estimate of drug-likeness (QED) is 0.166. The minimum atomic E-state index is 0.609. The third-order valence-corrected chi connectivity index (χ3v) is 9.91. The molecule has 0 aliphatic carbocycles. The highest BCUT2D eigenvalue weighted by molar-refractivity contribution is 6.10. The van der Waals surface area contributed by atoms with Gasteiger partial charge in [-0.1, -0.05) is 133 Å². The van der Waals surface area contributed by atoms with Gasteiger partial charge in [0.1, 0.15) is 11.5 Å². The Labute approximate surface area is 313 Å². The second-order valence-electron chi connectivity index (χ2n) is 13.2. The van der Waals surface area contributed by atoms with E-state index in [0.717, 1.165) is 78.3 Å². The molecule has 9 aromatic rings. The van der Waals surface area contributed by atoms with Crippen molar-refractivity contribution in [3.8, 4) is 67.9 Å². The minimum absolute atomic E-state index is 0.609. The van der Waals surface area contributed by atoms with Crippen molar-refractivity contribution in [3.63, 3.8) is 0 Å². The first-order valence-corrected chi connectivity index (χ1v) is 18.0. The van der Waals surface area contributed by atoms with E-state index in [-0.39, 0.29) is 0 Å². The molecule has 254 valence electrons. The number of fused-ring (bicyclic) bond motifs is 2. The van der Waals surface area contributed by atoms with Gasteiger partial charge >= 0.3 is 0 Å². The predicted octanol–water partition coefficient (Wildman–Crippen LogP) is 12.9. The van der Waals surface area contributed by atoms with Crippen LogP contribution in [0.5, 0.6) is 11.5 Å². The van der Waals surface area contributed by atoms with Gasteiger partial charge in [-0.15, -0.1) is 0 Å². The molecule has 0 saturated heterocycles. The average Bonchev–Trinajstić information content (AvgIpc) is 3.25. The molecular weight excluding hydrogens is 661 g/mol. The molecule has 0 atom stereocenters. The Hall–Kier alpha value is -7.37. The van der Waals surface area contributed by atoms with Crippen LogP contribution < -0.4 is 9.64 Å². The number of ether oxygens (including phenoxy) is 1. The van der Waals surface area contributed by atoms with Gasteiger partial charge in [0.25, 0.3) is 0 Å². The Bertz CT molecular complexity index is 2680. The maximum absolute atomic E-state index is 6.61. The zero-order valence-corrected chi connectivity index (χ0v) is 29.2. The van der Waals surface area contributed by atoms with E-state index in [1.54, 1.807) is 0 Å². The van der Waals surface area contributed by atoms with Crippen molar-refractivity contribution in [2.75, 3.05) is 4.90 Å². The smallest absolute Gasteiger partial charge is 0.164 e. The summed E-state index contributed by atoms with van der Waals surface area (Å²) >= 11 is 0. The summed E-state index contributed by atoms with van der Waals surface area (Å²) in [4.78, 5) is 17.1. The van der Waals surface area contributed by atoms with E-state index in [9.17, 15) is 0 Å². The average molecular weight is 693 g/mol. The number of anilines is 3. The lowest BCUT2D eigenvalue weighted by atomic mass is 9.90. The molecule has 10 rings (SSSR count). The predicted molar refractivity (Wildman–Crippen MR) is 219 cm³/mol. The molecule has 54 heavy (non-hydrogen) atoms. The molecule has 0 spiro atoms. The minimum Gasteiger partial charge on any atom is -0.456 e. The number of nitrogens with zero attached hydrogens (tertiary/aromatic N) is 4. The van der Waals surface area contributed by atoms with Gasteiger partial charge in [-0.2, -0.15) is 0 Å². The van der Waals surface area contributed by atoms with Crippen LogP contribution in [0.15, 0.2) is 194 Å². The fraction of sp³-hybridized carbons (Fsp3) is 0. The van der Waals surface area contributed by atoms with Crippen LogP contribution in [-0.4, -0.2) is 15.0 Å². The van der Waals surface area contributed by atoms with Gasteiger partial charge in [0.15, 0.2) is 17.5 Å². The van der Waals surface area contributed by atoms with Crippen LogP contribution in [0.25, 0.3) is 67.2 Å². The summed E-state index contributed by atoms with van der Waals surface area (Å²) in [7, 11) is 0. The van der Waals surface area contributed by atoms with Crippen molar-refractivity contribution in [3.05, 3.63) is 194 Å². The summed E-state index contributed by atoms with van der Waals surface area (Å²) in [6.45, 7) is 0. The van der Waals surface area contributed by atoms with Gasteiger partial charge in [-0.3, -0.25) is 0 Å². The molecule has 0 fully saturated rings. The molecule has 0 saturated carbocycles. The summed E-state index contributed by atoms with van der Waals surface area (Å²) in [5, 5.41) is 2.22. The number of aromatic nitrogens is 3. The molecular formula is C49H32N4O. The van der Waals surface area contributed by atoms with Crippen LogP contribution in [-0.2, 0) is 0 Å². The van der Waals surface area contributed by atoms with Crippen LogP contribution in [0.4, 0.5) is 17.1 Å². The second-order valence-corrected chi connectivity index (χ2v) is 13.2. The number of benzene rings is 8.